The van der Waals surface area contributed by atoms with Crippen molar-refractivity contribution in [2.75, 3.05) is 38.5 Å². The largest absolute Gasteiger partial charge is 0.393 e. The summed E-state index contributed by atoms with van der Waals surface area (Å²) < 4.78 is 2.11. The summed E-state index contributed by atoms with van der Waals surface area (Å²) in [6.45, 7) is 12.1. The van der Waals surface area contributed by atoms with Crippen molar-refractivity contribution in [3.05, 3.63) is 36.0 Å². The van der Waals surface area contributed by atoms with Crippen molar-refractivity contribution in [3.8, 4) is 11.3 Å². The minimum Gasteiger partial charge on any atom is -0.393 e. The Morgan fingerprint density at radius 2 is 1.73 bits per heavy atom. The molecule has 1 aliphatic heterocycles. The summed E-state index contributed by atoms with van der Waals surface area (Å²) in [7, 11) is 2.19. The minimum absolute atomic E-state index is 0.200. The predicted molar refractivity (Wildman–Crippen MR) is 150 cm³/mol. The number of hydrogen-bond donors (Lipinski definition) is 2. The lowest BCUT2D eigenvalue weighted by Crippen LogP contribution is -2.43. The third-order valence-electron chi connectivity index (χ3n) is 8.54. The van der Waals surface area contributed by atoms with E-state index in [0.717, 1.165) is 87.1 Å². The molecule has 0 bridgehead atoms. The zero-order valence-electron chi connectivity index (χ0n) is 22.9. The molecular formula is C29H43N7O. The summed E-state index contributed by atoms with van der Waals surface area (Å²) in [5, 5.41) is 19.7. The number of nitrogens with one attached hydrogen (secondary N) is 1. The molecule has 0 spiro atoms. The minimum atomic E-state index is -0.200. The van der Waals surface area contributed by atoms with Gasteiger partial charge < -0.3 is 15.3 Å². The number of nitrogens with zero attached hydrogens (tertiary/aromatic N) is 6. The molecule has 3 aromatic rings. The zero-order valence-corrected chi connectivity index (χ0v) is 22.9. The summed E-state index contributed by atoms with van der Waals surface area (Å²) in [4.78, 5) is 14.6. The van der Waals surface area contributed by atoms with E-state index >= 15 is 0 Å². The maximum atomic E-state index is 10.1. The number of benzene rings is 1. The first-order valence-corrected chi connectivity index (χ1v) is 14.1. The molecule has 2 unspecified atom stereocenters. The number of aliphatic hydroxyl groups is 1. The first-order chi connectivity index (χ1) is 17.9. The van der Waals surface area contributed by atoms with E-state index in [2.05, 4.69) is 71.9 Å². The van der Waals surface area contributed by atoms with Gasteiger partial charge in [0.25, 0.3) is 0 Å². The highest BCUT2D eigenvalue weighted by Crippen LogP contribution is 2.34. The fourth-order valence-electron chi connectivity index (χ4n) is 5.50. The average Bonchev–Trinajstić information content (AvgIpc) is 3.29. The van der Waals surface area contributed by atoms with Crippen LogP contribution in [0.5, 0.6) is 0 Å². The van der Waals surface area contributed by atoms with Gasteiger partial charge in [-0.3, -0.25) is 4.90 Å². The van der Waals surface area contributed by atoms with Crippen molar-refractivity contribution in [1.29, 1.82) is 0 Å². The number of fused-ring (bicyclic) bond motifs is 1. The molecule has 2 aliphatic rings. The molecule has 1 aromatic carbocycles. The van der Waals surface area contributed by atoms with E-state index in [9.17, 15) is 5.11 Å². The topological polar surface area (TPSA) is 82.3 Å². The Morgan fingerprint density at radius 3 is 2.41 bits per heavy atom. The van der Waals surface area contributed by atoms with Crippen LogP contribution in [0.1, 0.15) is 64.5 Å². The number of piperazine rings is 1. The lowest BCUT2D eigenvalue weighted by atomic mass is 9.93. The number of aromatic nitrogens is 4. The fraction of sp³-hybridized carbons (Fsp3) is 0.621. The quantitative estimate of drug-likeness (QED) is 0.464. The van der Waals surface area contributed by atoms with E-state index in [1.165, 1.54) is 5.56 Å². The van der Waals surface area contributed by atoms with Gasteiger partial charge in [0.1, 0.15) is 5.69 Å². The molecule has 2 atom stereocenters. The standard InChI is InChI=1S/C29H43N7O/c1-5-20(2)21(3)31-29-30-18-26-27(33-36(28(26)32-29)24-10-12-25(37)13-11-24)23-8-6-22(7-9-23)19-35-16-14-34(4)15-17-35/h6-9,18,20-21,24-25,37H,5,10-17,19H2,1-4H3,(H,30,31,32)/t20?,21?,24-,25-. The van der Waals surface area contributed by atoms with E-state index in [-0.39, 0.29) is 18.2 Å². The van der Waals surface area contributed by atoms with E-state index in [0.29, 0.717) is 11.9 Å². The molecule has 2 fully saturated rings. The van der Waals surface area contributed by atoms with Gasteiger partial charge in [0.05, 0.1) is 17.5 Å². The Morgan fingerprint density at radius 1 is 1.03 bits per heavy atom. The zero-order chi connectivity index (χ0) is 25.9. The van der Waals surface area contributed by atoms with Crippen LogP contribution in [0.15, 0.2) is 30.5 Å². The molecule has 8 heteroatoms. The number of hydrogen-bond acceptors (Lipinski definition) is 7. The molecule has 1 saturated carbocycles. The molecule has 5 rings (SSSR count). The third kappa shape index (κ3) is 5.97. The highest BCUT2D eigenvalue weighted by molar-refractivity contribution is 5.91. The van der Waals surface area contributed by atoms with Crippen LogP contribution in [-0.2, 0) is 6.54 Å². The smallest absolute Gasteiger partial charge is 0.224 e. The number of anilines is 1. The third-order valence-corrected chi connectivity index (χ3v) is 8.54. The first-order valence-electron chi connectivity index (χ1n) is 14.1. The van der Waals surface area contributed by atoms with Crippen LogP contribution in [-0.4, -0.2) is 80.0 Å². The maximum Gasteiger partial charge on any atom is 0.224 e. The van der Waals surface area contributed by atoms with Gasteiger partial charge in [-0.1, -0.05) is 44.5 Å². The van der Waals surface area contributed by atoms with E-state index in [1.807, 2.05) is 6.20 Å². The average molecular weight is 506 g/mol. The second kappa shape index (κ2) is 11.5. The van der Waals surface area contributed by atoms with Crippen LogP contribution < -0.4 is 5.32 Å². The highest BCUT2D eigenvalue weighted by atomic mass is 16.3. The second-order valence-electron chi connectivity index (χ2n) is 11.3. The van der Waals surface area contributed by atoms with Crippen molar-refractivity contribution < 1.29 is 5.11 Å². The lowest BCUT2D eigenvalue weighted by molar-refractivity contribution is 0.109. The van der Waals surface area contributed by atoms with Crippen molar-refractivity contribution in [2.45, 2.75) is 77.6 Å². The molecule has 1 aliphatic carbocycles. The summed E-state index contributed by atoms with van der Waals surface area (Å²) in [5.41, 5.74) is 4.25. The van der Waals surface area contributed by atoms with Crippen LogP contribution in [0.3, 0.4) is 0 Å². The summed E-state index contributed by atoms with van der Waals surface area (Å²) in [6, 6.07) is 9.39. The Bertz CT molecular complexity index is 1160. The van der Waals surface area contributed by atoms with Gasteiger partial charge in [-0.2, -0.15) is 10.1 Å². The molecule has 1 saturated heterocycles. The molecule has 37 heavy (non-hydrogen) atoms. The summed E-state index contributed by atoms with van der Waals surface area (Å²) in [5.74, 6) is 1.19. The molecular weight excluding hydrogens is 462 g/mol. The summed E-state index contributed by atoms with van der Waals surface area (Å²) >= 11 is 0. The van der Waals surface area contributed by atoms with Gasteiger partial charge in [-0.05, 0) is 51.1 Å². The molecule has 8 nitrogen and oxygen atoms in total. The van der Waals surface area contributed by atoms with Gasteiger partial charge in [0.2, 0.25) is 5.95 Å². The van der Waals surface area contributed by atoms with Gasteiger partial charge in [0, 0.05) is 50.5 Å². The normalized spacial score (nSPS) is 23.3. The Balaban J connectivity index is 1.43. The van der Waals surface area contributed by atoms with Crippen LogP contribution >= 0.6 is 0 Å². The van der Waals surface area contributed by atoms with Gasteiger partial charge >= 0.3 is 0 Å². The van der Waals surface area contributed by atoms with Gasteiger partial charge in [0.15, 0.2) is 5.65 Å². The molecule has 2 N–H and O–H groups in total. The predicted octanol–water partition coefficient (Wildman–Crippen LogP) is 4.56. The fourth-order valence-corrected chi connectivity index (χ4v) is 5.50. The number of aliphatic hydroxyl groups excluding tert-OH is 1. The van der Waals surface area contributed by atoms with Crippen LogP contribution in [0.2, 0.25) is 0 Å². The van der Waals surface area contributed by atoms with Crippen molar-refractivity contribution in [1.82, 2.24) is 29.5 Å². The van der Waals surface area contributed by atoms with E-state index in [4.69, 9.17) is 15.1 Å². The highest BCUT2D eigenvalue weighted by Gasteiger charge is 2.26. The number of rotatable bonds is 8. The molecule has 0 amide bonds. The monoisotopic (exact) mass is 505 g/mol. The SMILES string of the molecule is CCC(C)C(C)Nc1ncc2c(-c3ccc(CN4CCN(C)CC4)cc3)nn([C@H]3CC[C@H](O)CC3)c2n1. The summed E-state index contributed by atoms with van der Waals surface area (Å²) in [6.07, 6.45) is 6.28. The molecule has 0 radical (unpaired) electrons. The first kappa shape index (κ1) is 26.1. The Hall–Kier alpha value is -2.55. The van der Waals surface area contributed by atoms with Crippen molar-refractivity contribution in [3.63, 3.8) is 0 Å². The Labute approximate surface area is 221 Å². The van der Waals surface area contributed by atoms with E-state index in [1.54, 1.807) is 0 Å². The second-order valence-corrected chi connectivity index (χ2v) is 11.3. The van der Waals surface area contributed by atoms with Crippen molar-refractivity contribution >= 4 is 17.0 Å². The van der Waals surface area contributed by atoms with Gasteiger partial charge in [-0.15, -0.1) is 0 Å². The van der Waals surface area contributed by atoms with Crippen LogP contribution in [0.25, 0.3) is 22.3 Å². The molecule has 2 aromatic heterocycles. The van der Waals surface area contributed by atoms with Gasteiger partial charge in [-0.25, -0.2) is 9.67 Å². The van der Waals surface area contributed by atoms with E-state index < -0.39 is 0 Å². The Kier molecular flexibility index (Phi) is 8.07. The van der Waals surface area contributed by atoms with Crippen molar-refractivity contribution in [2.24, 2.45) is 5.92 Å². The van der Waals surface area contributed by atoms with Crippen LogP contribution in [0, 0.1) is 5.92 Å². The number of likely N-dealkylation sites (N-methyl/N-ethyl adjacent to an activating group) is 1. The van der Waals surface area contributed by atoms with Crippen LogP contribution in [0.4, 0.5) is 5.95 Å². The maximum absolute atomic E-state index is 10.1. The lowest BCUT2D eigenvalue weighted by Gasteiger charge is -2.32. The molecule has 3 heterocycles. The molecule has 200 valence electrons.